The molecule has 8 heteroatoms. The molecule has 0 saturated carbocycles. The van der Waals surface area contributed by atoms with E-state index in [9.17, 15) is 14.7 Å². The summed E-state index contributed by atoms with van der Waals surface area (Å²) in [5.41, 5.74) is 3.66. The average Bonchev–Trinajstić information content (AvgIpc) is 3.32. The maximum absolute atomic E-state index is 13.0. The van der Waals surface area contributed by atoms with Crippen LogP contribution in [0.5, 0.6) is 5.75 Å². The molecule has 1 heterocycles. The number of hydrogen-bond donors (Lipinski definition) is 3. The van der Waals surface area contributed by atoms with E-state index in [-0.39, 0.29) is 5.91 Å². The van der Waals surface area contributed by atoms with E-state index in [1.165, 1.54) is 16.9 Å². The largest absolute Gasteiger partial charge is 0.489 e. The highest BCUT2D eigenvalue weighted by Crippen LogP contribution is 2.32. The molecule has 0 aliphatic carbocycles. The van der Waals surface area contributed by atoms with Crippen LogP contribution in [0.1, 0.15) is 57.2 Å². The Morgan fingerprint density at radius 3 is 2.51 bits per heavy atom. The van der Waals surface area contributed by atoms with Crippen LogP contribution in [0.2, 0.25) is 0 Å². The number of hydrogen-bond acceptors (Lipinski definition) is 6. The highest BCUT2D eigenvalue weighted by molar-refractivity contribution is 7.19. The summed E-state index contributed by atoms with van der Waals surface area (Å²) in [5.74, 6) is -0.0601. The number of aliphatic hydroxyl groups excluding tert-OH is 1. The van der Waals surface area contributed by atoms with Crippen molar-refractivity contribution >= 4 is 28.3 Å². The SMILES string of the molecule is CCCC(NC(=O)[C@@H](O)C(C)(C)C)C(=O)Nc1ncc(-c2ccccc2COc2cccc(C)c2C)s1. The van der Waals surface area contributed by atoms with Crippen LogP contribution < -0.4 is 15.4 Å². The van der Waals surface area contributed by atoms with Gasteiger partial charge in [0.15, 0.2) is 5.13 Å². The Morgan fingerprint density at radius 2 is 1.81 bits per heavy atom. The summed E-state index contributed by atoms with van der Waals surface area (Å²) in [5, 5.41) is 16.2. The molecule has 0 radical (unpaired) electrons. The van der Waals surface area contributed by atoms with Crippen LogP contribution in [0.4, 0.5) is 5.13 Å². The molecule has 198 valence electrons. The van der Waals surface area contributed by atoms with Gasteiger partial charge in [-0.15, -0.1) is 0 Å². The van der Waals surface area contributed by atoms with Crippen molar-refractivity contribution in [3.63, 3.8) is 0 Å². The zero-order valence-corrected chi connectivity index (χ0v) is 23.2. The van der Waals surface area contributed by atoms with Crippen LogP contribution in [-0.2, 0) is 16.2 Å². The molecule has 7 nitrogen and oxygen atoms in total. The Labute approximate surface area is 223 Å². The number of nitrogens with zero attached hydrogens (tertiary/aromatic N) is 1. The third kappa shape index (κ3) is 7.40. The maximum atomic E-state index is 13.0. The van der Waals surface area contributed by atoms with E-state index >= 15 is 0 Å². The summed E-state index contributed by atoms with van der Waals surface area (Å²) in [7, 11) is 0. The number of carbonyl (C=O) groups is 2. The summed E-state index contributed by atoms with van der Waals surface area (Å²) in [6.07, 6.45) is 1.66. The fourth-order valence-corrected chi connectivity index (χ4v) is 4.65. The van der Waals surface area contributed by atoms with E-state index in [0.29, 0.717) is 24.6 Å². The molecule has 3 N–H and O–H groups in total. The second kappa shape index (κ2) is 12.3. The van der Waals surface area contributed by atoms with E-state index in [4.69, 9.17) is 4.74 Å². The first-order valence-electron chi connectivity index (χ1n) is 12.5. The molecule has 3 aromatic rings. The highest BCUT2D eigenvalue weighted by Gasteiger charge is 2.32. The lowest BCUT2D eigenvalue weighted by Gasteiger charge is -2.26. The van der Waals surface area contributed by atoms with E-state index in [1.807, 2.05) is 50.2 Å². The quantitative estimate of drug-likeness (QED) is 0.319. The van der Waals surface area contributed by atoms with Crippen LogP contribution in [0, 0.1) is 19.3 Å². The average molecular weight is 524 g/mol. The van der Waals surface area contributed by atoms with Gasteiger partial charge in [-0.2, -0.15) is 0 Å². The van der Waals surface area contributed by atoms with Crippen molar-refractivity contribution in [2.45, 2.75) is 73.1 Å². The van der Waals surface area contributed by atoms with E-state index in [1.54, 1.807) is 27.0 Å². The molecule has 0 spiro atoms. The molecule has 0 saturated heterocycles. The zero-order valence-electron chi connectivity index (χ0n) is 22.4. The minimum absolute atomic E-state index is 0.358. The van der Waals surface area contributed by atoms with Crippen LogP contribution >= 0.6 is 11.3 Å². The van der Waals surface area contributed by atoms with Gasteiger partial charge in [-0.25, -0.2) is 4.98 Å². The number of aliphatic hydroxyl groups is 1. The van der Waals surface area contributed by atoms with Gasteiger partial charge in [0, 0.05) is 6.20 Å². The van der Waals surface area contributed by atoms with Gasteiger partial charge in [0.05, 0.1) is 4.88 Å². The molecule has 37 heavy (non-hydrogen) atoms. The molecule has 0 aliphatic rings. The molecule has 0 bridgehead atoms. The van der Waals surface area contributed by atoms with Crippen molar-refractivity contribution in [2.75, 3.05) is 5.32 Å². The number of rotatable bonds is 10. The van der Waals surface area contributed by atoms with Gasteiger partial charge in [-0.3, -0.25) is 9.59 Å². The fraction of sp³-hybridized carbons (Fsp3) is 0.414. The Kier molecular flexibility index (Phi) is 9.45. The van der Waals surface area contributed by atoms with Crippen molar-refractivity contribution in [1.82, 2.24) is 10.3 Å². The lowest BCUT2D eigenvalue weighted by molar-refractivity contribution is -0.137. The minimum atomic E-state index is -1.21. The summed E-state index contributed by atoms with van der Waals surface area (Å²) in [6.45, 7) is 11.8. The lowest BCUT2D eigenvalue weighted by atomic mass is 9.88. The number of aromatic nitrogens is 1. The number of nitrogens with one attached hydrogen (secondary N) is 2. The Bertz CT molecular complexity index is 1230. The molecule has 3 rings (SSSR count). The molecule has 2 amide bonds. The number of amides is 2. The standard InChI is InChI=1S/C29H37N3O4S/c1-7-11-22(31-27(35)25(33)29(4,5)6)26(34)32-28-30-16-24(37-28)21-14-9-8-13-20(21)17-36-23-15-10-12-18(2)19(23)3/h8-10,12-16,22,25,33H,7,11,17H2,1-6H3,(H,31,35)(H,30,32,34)/t22?,25-/m1/s1. The van der Waals surface area contributed by atoms with Gasteiger partial charge >= 0.3 is 0 Å². The van der Waals surface area contributed by atoms with Crippen molar-refractivity contribution in [1.29, 1.82) is 0 Å². The highest BCUT2D eigenvalue weighted by atomic mass is 32.1. The Morgan fingerprint density at radius 1 is 1.08 bits per heavy atom. The van der Waals surface area contributed by atoms with E-state index < -0.39 is 23.5 Å². The predicted molar refractivity (Wildman–Crippen MR) is 149 cm³/mol. The molecule has 2 atom stereocenters. The Balaban J connectivity index is 1.71. The maximum Gasteiger partial charge on any atom is 0.250 e. The van der Waals surface area contributed by atoms with Gasteiger partial charge in [-0.1, -0.05) is 81.9 Å². The molecule has 2 aromatic carbocycles. The molecular weight excluding hydrogens is 486 g/mol. The molecular formula is C29H37N3O4S. The number of ether oxygens (including phenoxy) is 1. The Hall–Kier alpha value is -3.23. The third-order valence-electron chi connectivity index (χ3n) is 6.24. The fourth-order valence-electron chi connectivity index (χ4n) is 3.77. The summed E-state index contributed by atoms with van der Waals surface area (Å²) >= 11 is 1.36. The van der Waals surface area contributed by atoms with Crippen LogP contribution in [0.25, 0.3) is 10.4 Å². The smallest absolute Gasteiger partial charge is 0.250 e. The van der Waals surface area contributed by atoms with Crippen LogP contribution in [0.3, 0.4) is 0 Å². The van der Waals surface area contributed by atoms with Gasteiger partial charge in [0.25, 0.3) is 0 Å². The van der Waals surface area contributed by atoms with E-state index in [2.05, 4.69) is 28.6 Å². The number of thiazole rings is 1. The zero-order chi connectivity index (χ0) is 27.2. The molecule has 1 unspecified atom stereocenters. The van der Waals surface area contributed by atoms with Crippen LogP contribution in [-0.4, -0.2) is 34.1 Å². The number of benzene rings is 2. The first kappa shape index (κ1) is 28.3. The predicted octanol–water partition coefficient (Wildman–Crippen LogP) is 5.64. The summed E-state index contributed by atoms with van der Waals surface area (Å²) in [4.78, 5) is 30.8. The van der Waals surface area contributed by atoms with Crippen molar-refractivity contribution in [3.8, 4) is 16.2 Å². The van der Waals surface area contributed by atoms with Crippen LogP contribution in [0.15, 0.2) is 48.7 Å². The summed E-state index contributed by atoms with van der Waals surface area (Å²) < 4.78 is 6.13. The number of aryl methyl sites for hydroxylation is 1. The van der Waals surface area contributed by atoms with E-state index in [0.717, 1.165) is 27.3 Å². The molecule has 0 fully saturated rings. The first-order chi connectivity index (χ1) is 17.5. The van der Waals surface area contributed by atoms with Gasteiger partial charge < -0.3 is 20.5 Å². The molecule has 0 aliphatic heterocycles. The first-order valence-corrected chi connectivity index (χ1v) is 13.3. The monoisotopic (exact) mass is 523 g/mol. The third-order valence-corrected chi connectivity index (χ3v) is 7.18. The normalized spacial score (nSPS) is 13.1. The number of carbonyl (C=O) groups excluding carboxylic acids is 2. The van der Waals surface area contributed by atoms with Gasteiger partial charge in [-0.05, 0) is 54.0 Å². The molecule has 1 aromatic heterocycles. The minimum Gasteiger partial charge on any atom is -0.489 e. The van der Waals surface area contributed by atoms with Crippen molar-refractivity contribution in [3.05, 3.63) is 65.4 Å². The van der Waals surface area contributed by atoms with Crippen molar-refractivity contribution < 1.29 is 19.4 Å². The second-order valence-electron chi connectivity index (χ2n) is 10.3. The number of anilines is 1. The lowest BCUT2D eigenvalue weighted by Crippen LogP contribution is -2.50. The van der Waals surface area contributed by atoms with Gasteiger partial charge in [0.1, 0.15) is 24.5 Å². The second-order valence-corrected chi connectivity index (χ2v) is 11.3. The van der Waals surface area contributed by atoms with Gasteiger partial charge in [0.2, 0.25) is 11.8 Å². The summed E-state index contributed by atoms with van der Waals surface area (Å²) in [6, 6.07) is 13.2. The topological polar surface area (TPSA) is 101 Å². The van der Waals surface area contributed by atoms with Crippen molar-refractivity contribution in [2.24, 2.45) is 5.41 Å².